The molecule has 1 fully saturated rings. The fraction of sp³-hybridized carbons (Fsp3) is 0.625. The molecule has 1 saturated heterocycles. The predicted molar refractivity (Wildman–Crippen MR) is 87.5 cm³/mol. The van der Waals surface area contributed by atoms with Gasteiger partial charge in [0.1, 0.15) is 0 Å². The maximum Gasteiger partial charge on any atom is 0.317 e. The van der Waals surface area contributed by atoms with Gasteiger partial charge in [-0.05, 0) is 49.7 Å². The summed E-state index contributed by atoms with van der Waals surface area (Å²) in [6.07, 6.45) is 3.58. The number of carboxylic acid groups (broad SMARTS) is 1. The van der Waals surface area contributed by atoms with Gasteiger partial charge in [0, 0.05) is 19.1 Å². The second-order valence-electron chi connectivity index (χ2n) is 5.81. The lowest BCUT2D eigenvalue weighted by Crippen LogP contribution is -2.37. The Labute approximate surface area is 135 Å². The van der Waals surface area contributed by atoms with Gasteiger partial charge in [0.2, 0.25) is 0 Å². The number of aliphatic carboxylic acids is 1. The average molecular weight is 324 g/mol. The molecule has 0 aliphatic carbocycles. The lowest BCUT2D eigenvalue weighted by atomic mass is 10.1. The van der Waals surface area contributed by atoms with Gasteiger partial charge < -0.3 is 10.0 Å². The van der Waals surface area contributed by atoms with Crippen molar-refractivity contribution in [2.45, 2.75) is 38.6 Å². The Morgan fingerprint density at radius 3 is 2.86 bits per heavy atom. The zero-order valence-corrected chi connectivity index (χ0v) is 14.1. The van der Waals surface area contributed by atoms with E-state index >= 15 is 0 Å². The number of rotatable bonds is 5. The molecule has 1 aliphatic heterocycles. The summed E-state index contributed by atoms with van der Waals surface area (Å²) >= 11 is 1.52. The van der Waals surface area contributed by atoms with E-state index in [-0.39, 0.29) is 18.5 Å². The number of carbonyl (C=O) groups is 2. The van der Waals surface area contributed by atoms with Gasteiger partial charge in [0.15, 0.2) is 0 Å². The average Bonchev–Trinajstić information content (AvgIpc) is 2.81. The van der Waals surface area contributed by atoms with E-state index in [2.05, 4.69) is 6.92 Å². The Kier molecular flexibility index (Phi) is 5.97. The largest absolute Gasteiger partial charge is 0.480 e. The third kappa shape index (κ3) is 4.08. The molecular formula is C16H24N2O3S. The van der Waals surface area contributed by atoms with Crippen molar-refractivity contribution >= 4 is 23.2 Å². The van der Waals surface area contributed by atoms with Crippen LogP contribution in [-0.2, 0) is 11.2 Å². The molecule has 0 bridgehead atoms. The first kappa shape index (κ1) is 17.0. The van der Waals surface area contributed by atoms with Crippen molar-refractivity contribution in [1.82, 2.24) is 9.80 Å². The molecular weight excluding hydrogens is 300 g/mol. The van der Waals surface area contributed by atoms with Crippen LogP contribution in [0.15, 0.2) is 11.4 Å². The number of likely N-dealkylation sites (N-methyl/N-ethyl adjacent to an activating group) is 1. The second-order valence-corrected chi connectivity index (χ2v) is 6.73. The normalized spacial score (nSPS) is 19.2. The molecule has 122 valence electrons. The number of carboxylic acids is 1. The highest BCUT2D eigenvalue weighted by atomic mass is 32.1. The van der Waals surface area contributed by atoms with Crippen LogP contribution in [0.5, 0.6) is 0 Å². The van der Waals surface area contributed by atoms with E-state index in [9.17, 15) is 9.59 Å². The Morgan fingerprint density at radius 2 is 2.18 bits per heavy atom. The molecule has 2 rings (SSSR count). The third-order valence-corrected chi connectivity index (χ3v) is 5.26. The number of thiophene rings is 1. The Bertz CT molecular complexity index is 529. The molecule has 2 heterocycles. The maximum absolute atomic E-state index is 12.7. The molecule has 1 atom stereocenters. The minimum absolute atomic E-state index is 0.0590. The molecule has 1 aromatic heterocycles. The topological polar surface area (TPSA) is 60.9 Å². The maximum atomic E-state index is 12.7. The van der Waals surface area contributed by atoms with Crippen LogP contribution in [0.1, 0.15) is 41.4 Å². The molecule has 22 heavy (non-hydrogen) atoms. The molecule has 0 aromatic carbocycles. The van der Waals surface area contributed by atoms with Crippen LogP contribution >= 0.6 is 11.3 Å². The van der Waals surface area contributed by atoms with E-state index in [1.807, 2.05) is 28.3 Å². The van der Waals surface area contributed by atoms with Gasteiger partial charge in [-0.2, -0.15) is 0 Å². The van der Waals surface area contributed by atoms with Crippen LogP contribution in [-0.4, -0.2) is 59.5 Å². The zero-order valence-electron chi connectivity index (χ0n) is 13.2. The lowest BCUT2D eigenvalue weighted by molar-refractivity contribution is -0.138. The second kappa shape index (κ2) is 7.74. The Hall–Kier alpha value is -1.40. The Morgan fingerprint density at radius 1 is 1.41 bits per heavy atom. The SMILES string of the molecule is CCc1ccsc1C(=O)N1CCCC(N(C)CC(=O)O)CC1. The van der Waals surface area contributed by atoms with Crippen LogP contribution in [0, 0.1) is 0 Å². The van der Waals surface area contributed by atoms with Crippen molar-refractivity contribution in [3.05, 3.63) is 21.9 Å². The minimum atomic E-state index is -0.800. The monoisotopic (exact) mass is 324 g/mol. The highest BCUT2D eigenvalue weighted by Gasteiger charge is 2.25. The highest BCUT2D eigenvalue weighted by molar-refractivity contribution is 7.12. The Balaban J connectivity index is 1.98. The van der Waals surface area contributed by atoms with Crippen molar-refractivity contribution in [1.29, 1.82) is 0 Å². The molecule has 1 aliphatic rings. The minimum Gasteiger partial charge on any atom is -0.480 e. The molecule has 0 radical (unpaired) electrons. The van der Waals surface area contributed by atoms with Gasteiger partial charge in [-0.15, -0.1) is 11.3 Å². The molecule has 6 heteroatoms. The van der Waals surface area contributed by atoms with Gasteiger partial charge in [-0.3, -0.25) is 14.5 Å². The smallest absolute Gasteiger partial charge is 0.317 e. The summed E-state index contributed by atoms with van der Waals surface area (Å²) in [6.45, 7) is 3.59. The van der Waals surface area contributed by atoms with Crippen LogP contribution < -0.4 is 0 Å². The predicted octanol–water partition coefficient (Wildman–Crippen LogP) is 2.32. The number of aryl methyl sites for hydroxylation is 1. The van der Waals surface area contributed by atoms with Gasteiger partial charge in [-0.25, -0.2) is 0 Å². The van der Waals surface area contributed by atoms with Crippen molar-refractivity contribution in [3.8, 4) is 0 Å². The van der Waals surface area contributed by atoms with Crippen molar-refractivity contribution < 1.29 is 14.7 Å². The fourth-order valence-corrected chi connectivity index (χ4v) is 3.97. The summed E-state index contributed by atoms with van der Waals surface area (Å²) in [6, 6.07) is 2.27. The summed E-state index contributed by atoms with van der Waals surface area (Å²) in [4.78, 5) is 28.2. The van der Waals surface area contributed by atoms with Gasteiger partial charge in [-0.1, -0.05) is 6.92 Å². The van der Waals surface area contributed by atoms with E-state index in [0.717, 1.165) is 42.7 Å². The molecule has 5 nitrogen and oxygen atoms in total. The molecule has 0 saturated carbocycles. The summed E-state index contributed by atoms with van der Waals surface area (Å²) in [5.41, 5.74) is 1.12. The summed E-state index contributed by atoms with van der Waals surface area (Å²) < 4.78 is 0. The van der Waals surface area contributed by atoms with Gasteiger partial charge in [0.25, 0.3) is 5.91 Å². The van der Waals surface area contributed by atoms with E-state index in [4.69, 9.17) is 5.11 Å². The number of nitrogens with zero attached hydrogens (tertiary/aromatic N) is 2. The zero-order chi connectivity index (χ0) is 16.1. The standard InChI is InChI=1S/C16H24N2O3S/c1-3-12-7-10-22-15(12)16(21)18-8-4-5-13(6-9-18)17(2)11-14(19)20/h7,10,13H,3-6,8-9,11H2,1-2H3,(H,19,20). The quantitative estimate of drug-likeness (QED) is 0.903. The summed E-state index contributed by atoms with van der Waals surface area (Å²) in [5.74, 6) is -0.667. The number of hydrogen-bond donors (Lipinski definition) is 1. The lowest BCUT2D eigenvalue weighted by Gasteiger charge is -2.25. The van der Waals surface area contributed by atoms with Crippen LogP contribution in [0.2, 0.25) is 0 Å². The van der Waals surface area contributed by atoms with Crippen molar-refractivity contribution in [2.24, 2.45) is 0 Å². The van der Waals surface area contributed by atoms with Gasteiger partial charge >= 0.3 is 5.97 Å². The van der Waals surface area contributed by atoms with Crippen LogP contribution in [0.3, 0.4) is 0 Å². The molecule has 1 aromatic rings. The van der Waals surface area contributed by atoms with Crippen molar-refractivity contribution in [2.75, 3.05) is 26.7 Å². The van der Waals surface area contributed by atoms with Crippen LogP contribution in [0.25, 0.3) is 0 Å². The van der Waals surface area contributed by atoms with E-state index < -0.39 is 5.97 Å². The van der Waals surface area contributed by atoms with Crippen molar-refractivity contribution in [3.63, 3.8) is 0 Å². The highest BCUT2D eigenvalue weighted by Crippen LogP contribution is 2.22. The molecule has 1 amide bonds. The first-order valence-electron chi connectivity index (χ1n) is 7.80. The number of amides is 1. The molecule has 1 unspecified atom stereocenters. The summed E-state index contributed by atoms with van der Waals surface area (Å²) in [5, 5.41) is 10.9. The van der Waals surface area contributed by atoms with Gasteiger partial charge in [0.05, 0.1) is 11.4 Å². The molecule has 0 spiro atoms. The summed E-state index contributed by atoms with van der Waals surface area (Å²) in [7, 11) is 1.85. The number of carbonyl (C=O) groups excluding carboxylic acids is 1. The fourth-order valence-electron chi connectivity index (χ4n) is 3.01. The third-order valence-electron chi connectivity index (χ3n) is 4.31. The number of hydrogen-bond acceptors (Lipinski definition) is 4. The van der Waals surface area contributed by atoms with E-state index in [1.165, 1.54) is 11.3 Å². The van der Waals surface area contributed by atoms with E-state index in [1.54, 1.807) is 0 Å². The van der Waals surface area contributed by atoms with Crippen LogP contribution in [0.4, 0.5) is 0 Å². The van der Waals surface area contributed by atoms with E-state index in [0.29, 0.717) is 6.54 Å². The first-order valence-corrected chi connectivity index (χ1v) is 8.68. The molecule has 1 N–H and O–H groups in total. The number of likely N-dealkylation sites (tertiary alicyclic amines) is 1. The first-order chi connectivity index (χ1) is 10.5.